The second-order valence-corrected chi connectivity index (χ2v) is 5.09. The molecule has 0 aromatic rings. The van der Waals surface area contributed by atoms with Crippen molar-refractivity contribution in [2.45, 2.75) is 52.5 Å². The van der Waals surface area contributed by atoms with Crippen LogP contribution in [0.1, 0.15) is 46.5 Å². The Kier molecular flexibility index (Phi) is 4.24. The van der Waals surface area contributed by atoms with E-state index in [0.29, 0.717) is 0 Å². The number of rotatable bonds is 3. The summed E-state index contributed by atoms with van der Waals surface area (Å²) in [5.41, 5.74) is 0. The lowest BCUT2D eigenvalue weighted by atomic mass is 9.76. The van der Waals surface area contributed by atoms with Crippen LogP contribution in [-0.2, 0) is 0 Å². The molecule has 1 aliphatic carbocycles. The second-order valence-electron chi connectivity index (χ2n) is 5.09. The fourth-order valence-corrected chi connectivity index (χ4v) is 2.92. The lowest BCUT2D eigenvalue weighted by molar-refractivity contribution is 0.196. The summed E-state index contributed by atoms with van der Waals surface area (Å²) in [5, 5.41) is 3.49. The Balaban J connectivity index is 2.47. The molecule has 1 saturated carbocycles. The van der Waals surface area contributed by atoms with Crippen LogP contribution in [0.5, 0.6) is 0 Å². The van der Waals surface area contributed by atoms with Crippen LogP contribution in [0.3, 0.4) is 0 Å². The van der Waals surface area contributed by atoms with Crippen LogP contribution < -0.4 is 5.32 Å². The Morgan fingerprint density at radius 2 is 1.92 bits per heavy atom. The molecule has 78 valence electrons. The lowest BCUT2D eigenvalue weighted by Gasteiger charge is -2.35. The van der Waals surface area contributed by atoms with Gasteiger partial charge < -0.3 is 5.32 Å². The first kappa shape index (κ1) is 11.0. The zero-order chi connectivity index (χ0) is 9.84. The number of hydrogen-bond acceptors (Lipinski definition) is 1. The lowest BCUT2D eigenvalue weighted by Crippen LogP contribution is -2.40. The van der Waals surface area contributed by atoms with Crippen LogP contribution in [-0.4, -0.2) is 13.1 Å². The van der Waals surface area contributed by atoms with E-state index < -0.39 is 0 Å². The first-order valence-electron chi connectivity index (χ1n) is 5.82. The molecule has 0 saturated heterocycles. The van der Waals surface area contributed by atoms with Crippen LogP contribution in [0.25, 0.3) is 0 Å². The van der Waals surface area contributed by atoms with Crippen molar-refractivity contribution < 1.29 is 0 Å². The fourth-order valence-electron chi connectivity index (χ4n) is 2.92. The monoisotopic (exact) mass is 183 g/mol. The molecule has 1 fully saturated rings. The molecule has 0 aliphatic heterocycles. The van der Waals surface area contributed by atoms with E-state index in [-0.39, 0.29) is 0 Å². The maximum absolute atomic E-state index is 3.49. The van der Waals surface area contributed by atoms with Crippen molar-refractivity contribution in [1.29, 1.82) is 0 Å². The van der Waals surface area contributed by atoms with Crippen molar-refractivity contribution >= 4 is 0 Å². The standard InChI is InChI=1S/C12H25N/c1-9(2)12(13-4)11-7-5-6-10(3)8-11/h9-13H,5-8H2,1-4H3. The van der Waals surface area contributed by atoms with E-state index in [4.69, 9.17) is 0 Å². The van der Waals surface area contributed by atoms with Crippen molar-refractivity contribution in [3.05, 3.63) is 0 Å². The summed E-state index contributed by atoms with van der Waals surface area (Å²) in [7, 11) is 2.12. The van der Waals surface area contributed by atoms with E-state index in [1.807, 2.05) is 0 Å². The predicted molar refractivity (Wildman–Crippen MR) is 58.8 cm³/mol. The molecule has 1 heteroatoms. The summed E-state index contributed by atoms with van der Waals surface area (Å²) in [4.78, 5) is 0. The zero-order valence-electron chi connectivity index (χ0n) is 9.64. The molecule has 0 aromatic heterocycles. The van der Waals surface area contributed by atoms with Gasteiger partial charge in [-0.15, -0.1) is 0 Å². The molecule has 1 nitrogen and oxygen atoms in total. The molecular weight excluding hydrogens is 158 g/mol. The van der Waals surface area contributed by atoms with Gasteiger partial charge in [0.2, 0.25) is 0 Å². The van der Waals surface area contributed by atoms with Crippen molar-refractivity contribution in [3.8, 4) is 0 Å². The van der Waals surface area contributed by atoms with Crippen LogP contribution in [0.2, 0.25) is 0 Å². The van der Waals surface area contributed by atoms with E-state index in [9.17, 15) is 0 Å². The molecular formula is C12H25N. The minimum atomic E-state index is 0.739. The molecule has 0 amide bonds. The molecule has 0 heterocycles. The van der Waals surface area contributed by atoms with Gasteiger partial charge >= 0.3 is 0 Å². The van der Waals surface area contributed by atoms with Gasteiger partial charge in [-0.1, -0.05) is 33.6 Å². The molecule has 1 aliphatic rings. The highest BCUT2D eigenvalue weighted by molar-refractivity contribution is 4.82. The highest BCUT2D eigenvalue weighted by Crippen LogP contribution is 2.32. The first-order chi connectivity index (χ1) is 6.15. The summed E-state index contributed by atoms with van der Waals surface area (Å²) >= 11 is 0. The van der Waals surface area contributed by atoms with Crippen molar-refractivity contribution in [1.82, 2.24) is 5.32 Å². The number of hydrogen-bond donors (Lipinski definition) is 1. The summed E-state index contributed by atoms with van der Waals surface area (Å²) < 4.78 is 0. The Labute approximate surface area is 83.3 Å². The number of nitrogens with one attached hydrogen (secondary N) is 1. The van der Waals surface area contributed by atoms with Crippen LogP contribution in [0, 0.1) is 17.8 Å². The van der Waals surface area contributed by atoms with Gasteiger partial charge in [0.1, 0.15) is 0 Å². The largest absolute Gasteiger partial charge is 0.316 e. The Morgan fingerprint density at radius 3 is 2.38 bits per heavy atom. The quantitative estimate of drug-likeness (QED) is 0.709. The summed E-state index contributed by atoms with van der Waals surface area (Å²) in [6.07, 6.45) is 5.76. The van der Waals surface area contributed by atoms with Gasteiger partial charge in [0.25, 0.3) is 0 Å². The third-order valence-electron chi connectivity index (χ3n) is 3.54. The highest BCUT2D eigenvalue weighted by atomic mass is 14.9. The van der Waals surface area contributed by atoms with Crippen LogP contribution >= 0.6 is 0 Å². The van der Waals surface area contributed by atoms with E-state index in [1.165, 1.54) is 25.7 Å². The Hall–Kier alpha value is -0.0400. The fraction of sp³-hybridized carbons (Fsp3) is 1.00. The minimum absolute atomic E-state index is 0.739. The summed E-state index contributed by atoms with van der Waals surface area (Å²) in [5.74, 6) is 2.65. The highest BCUT2D eigenvalue weighted by Gasteiger charge is 2.27. The van der Waals surface area contributed by atoms with E-state index >= 15 is 0 Å². The molecule has 0 radical (unpaired) electrons. The molecule has 0 bridgehead atoms. The molecule has 13 heavy (non-hydrogen) atoms. The van der Waals surface area contributed by atoms with Crippen molar-refractivity contribution in [3.63, 3.8) is 0 Å². The summed E-state index contributed by atoms with van der Waals surface area (Å²) in [6, 6.07) is 0.739. The van der Waals surface area contributed by atoms with Gasteiger partial charge in [-0.2, -0.15) is 0 Å². The molecule has 3 atom stereocenters. The molecule has 3 unspecified atom stereocenters. The van der Waals surface area contributed by atoms with Crippen molar-refractivity contribution in [2.24, 2.45) is 17.8 Å². The average molecular weight is 183 g/mol. The molecule has 1 N–H and O–H groups in total. The second kappa shape index (κ2) is 4.99. The normalized spacial score (nSPS) is 32.1. The topological polar surface area (TPSA) is 12.0 Å². The molecule has 1 rings (SSSR count). The minimum Gasteiger partial charge on any atom is -0.316 e. The SMILES string of the molecule is CNC(C(C)C)C1CCCC(C)C1. The zero-order valence-corrected chi connectivity index (χ0v) is 9.64. The Morgan fingerprint density at radius 1 is 1.23 bits per heavy atom. The first-order valence-corrected chi connectivity index (χ1v) is 5.82. The van der Waals surface area contributed by atoms with Crippen LogP contribution in [0.15, 0.2) is 0 Å². The van der Waals surface area contributed by atoms with E-state index in [0.717, 1.165) is 23.8 Å². The maximum atomic E-state index is 3.49. The third-order valence-corrected chi connectivity index (χ3v) is 3.54. The summed E-state index contributed by atoms with van der Waals surface area (Å²) in [6.45, 7) is 7.07. The van der Waals surface area contributed by atoms with Gasteiger partial charge in [0, 0.05) is 6.04 Å². The average Bonchev–Trinajstić information content (AvgIpc) is 2.04. The van der Waals surface area contributed by atoms with Gasteiger partial charge in [-0.05, 0) is 37.6 Å². The third kappa shape index (κ3) is 2.98. The molecule has 0 spiro atoms. The van der Waals surface area contributed by atoms with Crippen LogP contribution in [0.4, 0.5) is 0 Å². The van der Waals surface area contributed by atoms with Gasteiger partial charge in [-0.3, -0.25) is 0 Å². The molecule has 0 aromatic carbocycles. The van der Waals surface area contributed by atoms with Gasteiger partial charge in [0.05, 0.1) is 0 Å². The van der Waals surface area contributed by atoms with E-state index in [2.05, 4.69) is 33.1 Å². The van der Waals surface area contributed by atoms with Gasteiger partial charge in [-0.25, -0.2) is 0 Å². The maximum Gasteiger partial charge on any atom is 0.0115 e. The van der Waals surface area contributed by atoms with Crippen molar-refractivity contribution in [2.75, 3.05) is 7.05 Å². The Bertz CT molecular complexity index is 142. The predicted octanol–water partition coefficient (Wildman–Crippen LogP) is 3.06. The van der Waals surface area contributed by atoms with E-state index in [1.54, 1.807) is 0 Å². The smallest absolute Gasteiger partial charge is 0.0115 e. The van der Waals surface area contributed by atoms with Gasteiger partial charge in [0.15, 0.2) is 0 Å².